The normalized spacial score (nSPS) is 15.7. The molecule has 0 radical (unpaired) electrons. The molecular formula is C14H27N. The first-order chi connectivity index (χ1) is 7.20. The molecule has 1 aliphatic rings. The zero-order chi connectivity index (χ0) is 12.1. The minimum absolute atomic E-state index is 1.27. The maximum Gasteiger partial charge on any atom is -0.000959 e. The van der Waals surface area contributed by atoms with Crippen molar-refractivity contribution >= 4 is 0 Å². The lowest BCUT2D eigenvalue weighted by Gasteiger charge is -2.24. The lowest BCUT2D eigenvalue weighted by atomic mass is 10.3. The van der Waals surface area contributed by atoms with Crippen molar-refractivity contribution < 1.29 is 0 Å². The topological polar surface area (TPSA) is 3.24 Å². The lowest BCUT2D eigenvalue weighted by Crippen LogP contribution is -2.32. The molecule has 0 atom stereocenters. The predicted molar refractivity (Wildman–Crippen MR) is 72.2 cm³/mol. The summed E-state index contributed by atoms with van der Waals surface area (Å²) >= 11 is 0. The van der Waals surface area contributed by atoms with Gasteiger partial charge in [-0.25, -0.2) is 0 Å². The number of allylic oxidation sites excluding steroid dienone is 5. The van der Waals surface area contributed by atoms with Crippen LogP contribution in [-0.2, 0) is 0 Å². The van der Waals surface area contributed by atoms with Gasteiger partial charge in [0.1, 0.15) is 0 Å². The largest absolute Gasteiger partial charge is 0.306 e. The number of nitrogens with zero attached hydrogens (tertiary/aromatic N) is 1. The van der Waals surface area contributed by atoms with Gasteiger partial charge in [0.15, 0.2) is 0 Å². The van der Waals surface area contributed by atoms with Crippen molar-refractivity contribution in [1.29, 1.82) is 0 Å². The highest BCUT2D eigenvalue weighted by atomic mass is 15.1. The summed E-state index contributed by atoms with van der Waals surface area (Å²) in [4.78, 5) is 2.31. The van der Waals surface area contributed by atoms with E-state index in [1.54, 1.807) is 6.08 Å². The summed E-state index contributed by atoms with van der Waals surface area (Å²) in [5, 5.41) is 0. The van der Waals surface area contributed by atoms with Gasteiger partial charge in [-0.3, -0.25) is 0 Å². The van der Waals surface area contributed by atoms with E-state index in [0.717, 1.165) is 0 Å². The van der Waals surface area contributed by atoms with Crippen LogP contribution in [0.15, 0.2) is 36.5 Å². The van der Waals surface area contributed by atoms with Crippen LogP contribution in [0.4, 0.5) is 0 Å². The van der Waals surface area contributed by atoms with Gasteiger partial charge in [0.05, 0.1) is 0 Å². The van der Waals surface area contributed by atoms with E-state index in [1.807, 2.05) is 32.9 Å². The third kappa shape index (κ3) is 13.2. The maximum atomic E-state index is 3.55. The summed E-state index contributed by atoms with van der Waals surface area (Å²) < 4.78 is 0. The van der Waals surface area contributed by atoms with Crippen molar-refractivity contribution in [3.8, 4) is 0 Å². The quantitative estimate of drug-likeness (QED) is 0.620. The van der Waals surface area contributed by atoms with Crippen LogP contribution < -0.4 is 0 Å². The molecule has 0 aromatic rings. The van der Waals surface area contributed by atoms with Crippen molar-refractivity contribution in [2.75, 3.05) is 20.1 Å². The van der Waals surface area contributed by atoms with Gasteiger partial charge in [0.2, 0.25) is 0 Å². The molecule has 1 rings (SSSR count). The van der Waals surface area contributed by atoms with Crippen LogP contribution in [0.3, 0.4) is 0 Å². The standard InChI is InChI=1S/C8H12.C4H9N.C2H6/c1-4-6-7-8(3)5-2;1-5-3-2-4-5;1-2/h4-7H,1H2,2-3H3;2-4H2,1H3;1-2H3/b7-6-,8-5-;;. The second-order valence-electron chi connectivity index (χ2n) is 3.28. The molecule has 1 saturated heterocycles. The monoisotopic (exact) mass is 209 g/mol. The fraction of sp³-hybridized carbons (Fsp3) is 0.571. The molecule has 0 N–H and O–H groups in total. The minimum Gasteiger partial charge on any atom is -0.306 e. The Balaban J connectivity index is 0. The Morgan fingerprint density at radius 1 is 1.27 bits per heavy atom. The van der Waals surface area contributed by atoms with Crippen LogP contribution in [-0.4, -0.2) is 25.0 Å². The number of hydrogen-bond donors (Lipinski definition) is 0. The minimum atomic E-state index is 1.27. The average molecular weight is 209 g/mol. The van der Waals surface area contributed by atoms with Gasteiger partial charge in [-0.2, -0.15) is 0 Å². The molecule has 0 amide bonds. The first-order valence-corrected chi connectivity index (χ1v) is 5.81. The molecule has 0 aromatic heterocycles. The fourth-order valence-electron chi connectivity index (χ4n) is 0.790. The maximum absolute atomic E-state index is 3.55. The molecule has 0 aliphatic carbocycles. The van der Waals surface area contributed by atoms with Crippen LogP contribution in [0.1, 0.15) is 34.1 Å². The van der Waals surface area contributed by atoms with E-state index in [0.29, 0.717) is 0 Å². The van der Waals surface area contributed by atoms with Crippen LogP contribution in [0.5, 0.6) is 0 Å². The van der Waals surface area contributed by atoms with Gasteiger partial charge < -0.3 is 4.90 Å². The molecule has 0 saturated carbocycles. The van der Waals surface area contributed by atoms with Gasteiger partial charge in [-0.1, -0.05) is 50.3 Å². The van der Waals surface area contributed by atoms with E-state index in [-0.39, 0.29) is 0 Å². The first kappa shape index (κ1) is 16.6. The molecule has 88 valence electrons. The van der Waals surface area contributed by atoms with Gasteiger partial charge in [-0.15, -0.1) is 0 Å². The zero-order valence-electron chi connectivity index (χ0n) is 11.1. The van der Waals surface area contributed by atoms with Gasteiger partial charge in [0.25, 0.3) is 0 Å². The van der Waals surface area contributed by atoms with E-state index < -0.39 is 0 Å². The summed E-state index contributed by atoms with van der Waals surface area (Å²) in [6.07, 6.45) is 9.19. The SMILES string of the molecule is C=C/C=C\C(C)=C/C.CC.CN1CCC1. The lowest BCUT2D eigenvalue weighted by molar-refractivity contribution is 0.229. The Morgan fingerprint density at radius 2 is 1.73 bits per heavy atom. The average Bonchev–Trinajstić information content (AvgIpc) is 2.26. The number of likely N-dealkylation sites (tertiary alicyclic amines) is 1. The van der Waals surface area contributed by atoms with Crippen LogP contribution in [0.2, 0.25) is 0 Å². The second kappa shape index (κ2) is 13.2. The van der Waals surface area contributed by atoms with Crippen molar-refractivity contribution in [3.05, 3.63) is 36.5 Å². The summed E-state index contributed by atoms with van der Waals surface area (Å²) in [5.41, 5.74) is 1.27. The van der Waals surface area contributed by atoms with Crippen LogP contribution in [0.25, 0.3) is 0 Å². The van der Waals surface area contributed by atoms with Crippen LogP contribution >= 0.6 is 0 Å². The van der Waals surface area contributed by atoms with E-state index in [4.69, 9.17) is 0 Å². The highest BCUT2D eigenvalue weighted by molar-refractivity contribution is 5.18. The van der Waals surface area contributed by atoms with E-state index in [2.05, 4.69) is 31.5 Å². The van der Waals surface area contributed by atoms with E-state index in [1.165, 1.54) is 25.1 Å². The molecule has 1 nitrogen and oxygen atoms in total. The molecule has 1 heteroatoms. The Morgan fingerprint density at radius 3 is 1.93 bits per heavy atom. The number of hydrogen-bond acceptors (Lipinski definition) is 1. The third-order valence-corrected chi connectivity index (χ3v) is 2.03. The summed E-state index contributed by atoms with van der Waals surface area (Å²) in [7, 11) is 2.14. The highest BCUT2D eigenvalue weighted by Gasteiger charge is 2.04. The number of rotatable bonds is 2. The summed E-state index contributed by atoms with van der Waals surface area (Å²) in [5.74, 6) is 0. The van der Waals surface area contributed by atoms with Gasteiger partial charge in [0, 0.05) is 0 Å². The molecule has 1 aliphatic heterocycles. The molecule has 0 bridgehead atoms. The van der Waals surface area contributed by atoms with Gasteiger partial charge in [-0.05, 0) is 40.4 Å². The fourth-order valence-corrected chi connectivity index (χ4v) is 0.790. The van der Waals surface area contributed by atoms with Crippen LogP contribution in [0, 0.1) is 0 Å². The first-order valence-electron chi connectivity index (χ1n) is 5.81. The predicted octanol–water partition coefficient (Wildman–Crippen LogP) is 4.04. The Labute approximate surface area is 96.2 Å². The molecule has 0 aromatic carbocycles. The van der Waals surface area contributed by atoms with Crippen molar-refractivity contribution in [2.24, 2.45) is 0 Å². The Bertz CT molecular complexity index is 186. The van der Waals surface area contributed by atoms with E-state index >= 15 is 0 Å². The molecule has 15 heavy (non-hydrogen) atoms. The van der Waals surface area contributed by atoms with E-state index in [9.17, 15) is 0 Å². The van der Waals surface area contributed by atoms with Crippen molar-refractivity contribution in [3.63, 3.8) is 0 Å². The van der Waals surface area contributed by atoms with Crippen molar-refractivity contribution in [1.82, 2.24) is 4.90 Å². The molecule has 1 heterocycles. The molecule has 1 fully saturated rings. The zero-order valence-corrected chi connectivity index (χ0v) is 11.1. The third-order valence-electron chi connectivity index (χ3n) is 2.03. The highest BCUT2D eigenvalue weighted by Crippen LogP contribution is 1.98. The Kier molecular flexibility index (Phi) is 14.6. The molecular weight excluding hydrogens is 182 g/mol. The van der Waals surface area contributed by atoms with Gasteiger partial charge >= 0.3 is 0 Å². The Hall–Kier alpha value is -0.820. The second-order valence-corrected chi connectivity index (χ2v) is 3.28. The summed E-state index contributed by atoms with van der Waals surface area (Å²) in [6, 6.07) is 0. The summed E-state index contributed by atoms with van der Waals surface area (Å²) in [6.45, 7) is 14.3. The smallest absolute Gasteiger partial charge is 0.000959 e. The molecule has 0 unspecified atom stereocenters. The molecule has 0 spiro atoms. The van der Waals surface area contributed by atoms with Crippen molar-refractivity contribution in [2.45, 2.75) is 34.1 Å².